The minimum Gasteiger partial charge on any atom is -0.497 e. The van der Waals surface area contributed by atoms with Gasteiger partial charge in [0.1, 0.15) is 29.8 Å². The van der Waals surface area contributed by atoms with Crippen molar-refractivity contribution in [3.8, 4) is 17.2 Å². The highest BCUT2D eigenvalue weighted by atomic mass is 32.2. The molecule has 3 aromatic rings. The van der Waals surface area contributed by atoms with Gasteiger partial charge in [0, 0.05) is 19.7 Å². The zero-order valence-electron chi connectivity index (χ0n) is 23.5. The Morgan fingerprint density at radius 1 is 0.875 bits per heavy atom. The van der Waals surface area contributed by atoms with Gasteiger partial charge < -0.3 is 24.4 Å². The van der Waals surface area contributed by atoms with Crippen LogP contribution < -0.4 is 23.8 Å². The minimum atomic E-state index is -4.26. The van der Waals surface area contributed by atoms with E-state index in [1.54, 1.807) is 62.6 Å². The molecular weight excluding hydrogens is 534 g/mol. The lowest BCUT2D eigenvalue weighted by molar-refractivity contribution is -0.139. The van der Waals surface area contributed by atoms with Gasteiger partial charge in [0.15, 0.2) is 0 Å². The molecule has 0 bridgehead atoms. The molecule has 0 saturated heterocycles. The number of hydrogen-bond donors (Lipinski definition) is 1. The van der Waals surface area contributed by atoms with E-state index < -0.39 is 34.4 Å². The Balaban J connectivity index is 2.11. The fraction of sp³-hybridized carbons (Fsp3) is 0.310. The van der Waals surface area contributed by atoms with Crippen molar-refractivity contribution in [3.05, 3.63) is 77.9 Å². The highest BCUT2D eigenvalue weighted by Crippen LogP contribution is 2.36. The van der Waals surface area contributed by atoms with Crippen molar-refractivity contribution in [2.24, 2.45) is 0 Å². The zero-order chi connectivity index (χ0) is 29.4. The van der Waals surface area contributed by atoms with Crippen LogP contribution >= 0.6 is 0 Å². The van der Waals surface area contributed by atoms with Crippen LogP contribution in [-0.2, 0) is 26.2 Å². The Hall–Kier alpha value is -4.25. The molecule has 2 amide bonds. The zero-order valence-corrected chi connectivity index (χ0v) is 24.3. The number of aryl methyl sites for hydroxylation is 1. The second-order valence-electron chi connectivity index (χ2n) is 9.02. The van der Waals surface area contributed by atoms with Gasteiger partial charge in [-0.15, -0.1) is 0 Å². The van der Waals surface area contributed by atoms with Crippen LogP contribution in [0.15, 0.2) is 71.6 Å². The van der Waals surface area contributed by atoms with Crippen LogP contribution in [-0.4, -0.2) is 66.1 Å². The molecule has 0 radical (unpaired) electrons. The maximum absolute atomic E-state index is 14.0. The first kappa shape index (κ1) is 30.3. The lowest BCUT2D eigenvalue weighted by Crippen LogP contribution is -2.50. The topological polar surface area (TPSA) is 114 Å². The van der Waals surface area contributed by atoms with Gasteiger partial charge in [-0.05, 0) is 55.8 Å². The average molecular weight is 570 g/mol. The van der Waals surface area contributed by atoms with Gasteiger partial charge in [-0.2, -0.15) is 0 Å². The van der Waals surface area contributed by atoms with E-state index in [4.69, 9.17) is 14.2 Å². The summed E-state index contributed by atoms with van der Waals surface area (Å²) < 4.78 is 45.1. The Kier molecular flexibility index (Phi) is 10.0. The number of ether oxygens (including phenoxy) is 3. The lowest BCUT2D eigenvalue weighted by atomic mass is 10.1. The Morgan fingerprint density at radius 2 is 1.48 bits per heavy atom. The highest BCUT2D eigenvalue weighted by molar-refractivity contribution is 7.92. The molecule has 0 aliphatic carbocycles. The number of nitrogens with one attached hydrogen (secondary N) is 1. The molecular formula is C29H35N3O7S. The van der Waals surface area contributed by atoms with Crippen molar-refractivity contribution < 1.29 is 32.2 Å². The average Bonchev–Trinajstić information content (AvgIpc) is 2.97. The molecule has 0 aliphatic rings. The predicted molar refractivity (Wildman–Crippen MR) is 152 cm³/mol. The second kappa shape index (κ2) is 13.2. The lowest BCUT2D eigenvalue weighted by Gasteiger charge is -2.32. The maximum Gasteiger partial charge on any atom is 0.264 e. The van der Waals surface area contributed by atoms with Crippen molar-refractivity contribution in [1.29, 1.82) is 0 Å². The van der Waals surface area contributed by atoms with Crippen molar-refractivity contribution in [2.45, 2.75) is 31.3 Å². The van der Waals surface area contributed by atoms with Crippen LogP contribution in [0.2, 0.25) is 0 Å². The van der Waals surface area contributed by atoms with Crippen molar-refractivity contribution >= 4 is 27.5 Å². The number of amides is 2. The smallest absolute Gasteiger partial charge is 0.264 e. The van der Waals surface area contributed by atoms with Crippen LogP contribution in [0.5, 0.6) is 17.2 Å². The number of benzene rings is 3. The van der Waals surface area contributed by atoms with E-state index >= 15 is 0 Å². The van der Waals surface area contributed by atoms with Gasteiger partial charge in [0.25, 0.3) is 10.0 Å². The summed E-state index contributed by atoms with van der Waals surface area (Å²) in [4.78, 5) is 27.9. The summed E-state index contributed by atoms with van der Waals surface area (Å²) in [6, 6.07) is 17.2. The number of anilines is 1. The molecule has 40 heavy (non-hydrogen) atoms. The molecule has 0 heterocycles. The molecule has 0 spiro atoms. The summed E-state index contributed by atoms with van der Waals surface area (Å²) in [6.45, 7) is 2.90. The van der Waals surface area contributed by atoms with Crippen LogP contribution in [0.25, 0.3) is 0 Å². The number of nitrogens with zero attached hydrogens (tertiary/aromatic N) is 2. The first-order valence-corrected chi connectivity index (χ1v) is 13.9. The number of carbonyl (C=O) groups is 2. The molecule has 1 atom stereocenters. The van der Waals surface area contributed by atoms with E-state index in [1.165, 1.54) is 44.4 Å². The maximum atomic E-state index is 14.0. The fourth-order valence-corrected chi connectivity index (χ4v) is 5.48. The molecule has 1 N–H and O–H groups in total. The number of hydrogen-bond acceptors (Lipinski definition) is 7. The number of carbonyl (C=O) groups excluding carboxylic acids is 2. The molecule has 3 rings (SSSR count). The van der Waals surface area contributed by atoms with Gasteiger partial charge in [0.2, 0.25) is 11.8 Å². The standard InChI is InChI=1S/C29H35N3O7S/c1-20-7-14-25(15-8-20)40(35,36)32(26-17-24(38-5)13-16-27(26)39-6)19-28(33)31(21(2)29(34)30-3)18-22-9-11-23(37-4)12-10-22/h7-17,21H,18-19H2,1-6H3,(H,30,34). The van der Waals surface area contributed by atoms with Crippen molar-refractivity contribution in [3.63, 3.8) is 0 Å². The largest absolute Gasteiger partial charge is 0.497 e. The van der Waals surface area contributed by atoms with E-state index in [-0.39, 0.29) is 22.9 Å². The Labute approximate surface area is 235 Å². The predicted octanol–water partition coefficient (Wildman–Crippen LogP) is 3.38. The van der Waals surface area contributed by atoms with Gasteiger partial charge >= 0.3 is 0 Å². The Morgan fingerprint density at radius 3 is 2.02 bits per heavy atom. The van der Waals surface area contributed by atoms with E-state index in [0.717, 1.165) is 15.4 Å². The number of sulfonamides is 1. The molecule has 0 aliphatic heterocycles. The summed E-state index contributed by atoms with van der Waals surface area (Å²) in [5.41, 5.74) is 1.73. The third kappa shape index (κ3) is 6.84. The van der Waals surface area contributed by atoms with E-state index in [0.29, 0.717) is 11.5 Å². The molecule has 0 fully saturated rings. The molecule has 10 nitrogen and oxygen atoms in total. The summed E-state index contributed by atoms with van der Waals surface area (Å²) in [5.74, 6) is 0.259. The summed E-state index contributed by atoms with van der Waals surface area (Å²) in [6.07, 6.45) is 0. The van der Waals surface area contributed by atoms with Gasteiger partial charge in [-0.3, -0.25) is 13.9 Å². The normalized spacial score (nSPS) is 11.8. The summed E-state index contributed by atoms with van der Waals surface area (Å²) in [5, 5.41) is 2.56. The van der Waals surface area contributed by atoms with Gasteiger partial charge in [-0.1, -0.05) is 29.8 Å². The van der Waals surface area contributed by atoms with Gasteiger partial charge in [-0.25, -0.2) is 8.42 Å². The number of rotatable bonds is 12. The molecule has 214 valence electrons. The first-order chi connectivity index (χ1) is 19.0. The highest BCUT2D eigenvalue weighted by Gasteiger charge is 2.34. The number of likely N-dealkylation sites (N-methyl/N-ethyl adjacent to an activating group) is 1. The summed E-state index contributed by atoms with van der Waals surface area (Å²) in [7, 11) is 1.63. The van der Waals surface area contributed by atoms with Crippen LogP contribution in [0.4, 0.5) is 5.69 Å². The molecule has 0 saturated carbocycles. The first-order valence-electron chi connectivity index (χ1n) is 12.5. The molecule has 3 aromatic carbocycles. The fourth-order valence-electron chi connectivity index (χ4n) is 4.06. The monoisotopic (exact) mass is 569 g/mol. The van der Waals surface area contributed by atoms with Crippen LogP contribution in [0.1, 0.15) is 18.1 Å². The SMILES string of the molecule is CNC(=O)C(C)N(Cc1ccc(OC)cc1)C(=O)CN(c1cc(OC)ccc1OC)S(=O)(=O)c1ccc(C)cc1. The van der Waals surface area contributed by atoms with E-state index in [2.05, 4.69) is 5.32 Å². The van der Waals surface area contributed by atoms with Crippen LogP contribution in [0.3, 0.4) is 0 Å². The quantitative estimate of drug-likeness (QED) is 0.356. The summed E-state index contributed by atoms with van der Waals surface area (Å²) >= 11 is 0. The molecule has 1 unspecified atom stereocenters. The molecule has 11 heteroatoms. The van der Waals surface area contributed by atoms with Crippen LogP contribution in [0, 0.1) is 6.92 Å². The number of methoxy groups -OCH3 is 3. The third-order valence-corrected chi connectivity index (χ3v) is 8.24. The second-order valence-corrected chi connectivity index (χ2v) is 10.9. The van der Waals surface area contributed by atoms with E-state index in [1.807, 2.05) is 6.92 Å². The third-order valence-electron chi connectivity index (χ3n) is 6.47. The van der Waals surface area contributed by atoms with E-state index in [9.17, 15) is 18.0 Å². The molecule has 0 aromatic heterocycles. The van der Waals surface area contributed by atoms with Gasteiger partial charge in [0.05, 0.1) is 31.9 Å². The van der Waals surface area contributed by atoms with Crippen molar-refractivity contribution in [1.82, 2.24) is 10.2 Å². The van der Waals surface area contributed by atoms with Crippen molar-refractivity contribution in [2.75, 3.05) is 39.2 Å². The minimum absolute atomic E-state index is 0.00294. The Bertz CT molecular complexity index is 1420.